The lowest BCUT2D eigenvalue weighted by atomic mass is 9.73. The second-order valence-electron chi connectivity index (χ2n) is 6.20. The van der Waals surface area contributed by atoms with Gasteiger partial charge in [-0.15, -0.1) is 0 Å². The first-order valence-electron chi connectivity index (χ1n) is 7.22. The van der Waals surface area contributed by atoms with E-state index in [0.717, 1.165) is 18.5 Å². The molecule has 2 N–H and O–H groups in total. The maximum atomic E-state index is 12.5. The maximum Gasteiger partial charge on any atom is 0.253 e. The molecule has 3 nitrogen and oxygen atoms in total. The molecule has 0 heterocycles. The fraction of sp³-hybridized carbons (Fsp3) is 0.562. The van der Waals surface area contributed by atoms with Crippen molar-refractivity contribution in [3.8, 4) is 0 Å². The normalized spacial score (nSPS) is 21.3. The average molecular weight is 295 g/mol. The second kappa shape index (κ2) is 6.04. The minimum absolute atomic E-state index is 0.0446. The molecule has 1 atom stereocenters. The summed E-state index contributed by atoms with van der Waals surface area (Å²) in [6.07, 6.45) is 4.64. The zero-order valence-corrected chi connectivity index (χ0v) is 13.2. The van der Waals surface area contributed by atoms with Crippen molar-refractivity contribution in [2.45, 2.75) is 45.6 Å². The van der Waals surface area contributed by atoms with Gasteiger partial charge < -0.3 is 10.6 Å². The molecule has 0 radical (unpaired) electrons. The Morgan fingerprint density at radius 3 is 2.75 bits per heavy atom. The summed E-state index contributed by atoms with van der Waals surface area (Å²) in [5.74, 6) is -0.0446. The van der Waals surface area contributed by atoms with Gasteiger partial charge in [-0.05, 0) is 36.5 Å². The Morgan fingerprint density at radius 2 is 2.10 bits per heavy atom. The van der Waals surface area contributed by atoms with E-state index in [4.69, 9.17) is 11.6 Å². The standard InChI is InChI=1S/C16H23ClN2O/c1-16(2)9-5-4-6-14(16)19-15(20)12-10-11(17)7-8-13(12)18-3/h7-8,10,14,18H,4-6,9H2,1-3H3,(H,19,20). The molecular formula is C16H23ClN2O. The Balaban J connectivity index is 2.17. The molecule has 1 aliphatic carbocycles. The van der Waals surface area contributed by atoms with E-state index in [1.54, 1.807) is 12.1 Å². The predicted molar refractivity (Wildman–Crippen MR) is 84.5 cm³/mol. The van der Waals surface area contributed by atoms with Crippen LogP contribution in [0.3, 0.4) is 0 Å². The lowest BCUT2D eigenvalue weighted by Crippen LogP contribution is -2.46. The van der Waals surface area contributed by atoms with E-state index in [0.29, 0.717) is 10.6 Å². The third-order valence-electron chi connectivity index (χ3n) is 4.31. The third-order valence-corrected chi connectivity index (χ3v) is 4.54. The SMILES string of the molecule is CNc1ccc(Cl)cc1C(=O)NC1CCCCC1(C)C. The van der Waals surface area contributed by atoms with Gasteiger partial charge in [0.05, 0.1) is 5.56 Å². The van der Waals surface area contributed by atoms with E-state index < -0.39 is 0 Å². The third kappa shape index (κ3) is 3.26. The molecule has 0 aromatic heterocycles. The van der Waals surface area contributed by atoms with Crippen LogP contribution in [0, 0.1) is 5.41 Å². The van der Waals surface area contributed by atoms with Crippen molar-refractivity contribution >= 4 is 23.2 Å². The Hall–Kier alpha value is -1.22. The molecule has 2 rings (SSSR count). The van der Waals surface area contributed by atoms with E-state index in [9.17, 15) is 4.79 Å². The minimum Gasteiger partial charge on any atom is -0.387 e. The number of hydrogen-bond donors (Lipinski definition) is 2. The zero-order valence-electron chi connectivity index (χ0n) is 12.4. The summed E-state index contributed by atoms with van der Waals surface area (Å²) in [7, 11) is 1.81. The van der Waals surface area contributed by atoms with Gasteiger partial charge in [0.2, 0.25) is 0 Å². The number of hydrogen-bond acceptors (Lipinski definition) is 2. The molecule has 1 aliphatic rings. The summed E-state index contributed by atoms with van der Waals surface area (Å²) in [4.78, 5) is 12.5. The summed E-state index contributed by atoms with van der Waals surface area (Å²) in [5.41, 5.74) is 1.58. The van der Waals surface area contributed by atoms with Crippen molar-refractivity contribution in [2.24, 2.45) is 5.41 Å². The molecule has 0 saturated heterocycles. The van der Waals surface area contributed by atoms with Crippen LogP contribution >= 0.6 is 11.6 Å². The lowest BCUT2D eigenvalue weighted by molar-refractivity contribution is 0.0854. The number of amides is 1. The number of benzene rings is 1. The van der Waals surface area contributed by atoms with Crippen LogP contribution in [0.1, 0.15) is 49.9 Å². The van der Waals surface area contributed by atoms with Crippen LogP contribution in [-0.2, 0) is 0 Å². The Labute approximate surface area is 126 Å². The van der Waals surface area contributed by atoms with Crippen LogP contribution in [0.15, 0.2) is 18.2 Å². The van der Waals surface area contributed by atoms with E-state index >= 15 is 0 Å². The summed E-state index contributed by atoms with van der Waals surface area (Å²) in [6.45, 7) is 4.46. The molecule has 0 aliphatic heterocycles. The molecular weight excluding hydrogens is 272 g/mol. The fourth-order valence-corrected chi connectivity index (χ4v) is 3.09. The number of nitrogens with one attached hydrogen (secondary N) is 2. The first-order chi connectivity index (χ1) is 9.44. The van der Waals surface area contributed by atoms with Gasteiger partial charge in [0.25, 0.3) is 5.91 Å². The maximum absolute atomic E-state index is 12.5. The van der Waals surface area contributed by atoms with Crippen molar-refractivity contribution < 1.29 is 4.79 Å². The molecule has 0 spiro atoms. The van der Waals surface area contributed by atoms with Crippen LogP contribution in [-0.4, -0.2) is 19.0 Å². The highest BCUT2D eigenvalue weighted by molar-refractivity contribution is 6.31. The summed E-state index contributed by atoms with van der Waals surface area (Å²) in [6, 6.07) is 5.57. The van der Waals surface area contributed by atoms with Gasteiger partial charge in [0, 0.05) is 23.8 Å². The molecule has 0 bridgehead atoms. The zero-order chi connectivity index (χ0) is 14.8. The first kappa shape index (κ1) is 15.2. The van der Waals surface area contributed by atoms with Gasteiger partial charge in [-0.3, -0.25) is 4.79 Å². The number of halogens is 1. The van der Waals surface area contributed by atoms with Gasteiger partial charge in [-0.2, -0.15) is 0 Å². The van der Waals surface area contributed by atoms with Crippen LogP contribution in [0.5, 0.6) is 0 Å². The number of carbonyl (C=O) groups is 1. The fourth-order valence-electron chi connectivity index (χ4n) is 2.92. The van der Waals surface area contributed by atoms with Crippen LogP contribution in [0.2, 0.25) is 5.02 Å². The van der Waals surface area contributed by atoms with Crippen LogP contribution in [0.4, 0.5) is 5.69 Å². The summed E-state index contributed by atoms with van der Waals surface area (Å²) >= 11 is 6.01. The molecule has 1 fully saturated rings. The quantitative estimate of drug-likeness (QED) is 0.882. The van der Waals surface area contributed by atoms with E-state index in [2.05, 4.69) is 24.5 Å². The molecule has 1 saturated carbocycles. The van der Waals surface area contributed by atoms with E-state index in [1.807, 2.05) is 13.1 Å². The van der Waals surface area contributed by atoms with E-state index in [-0.39, 0.29) is 17.4 Å². The molecule has 1 aromatic rings. The van der Waals surface area contributed by atoms with Crippen LogP contribution < -0.4 is 10.6 Å². The molecule has 1 amide bonds. The van der Waals surface area contributed by atoms with Crippen molar-refractivity contribution in [3.63, 3.8) is 0 Å². The topological polar surface area (TPSA) is 41.1 Å². The van der Waals surface area contributed by atoms with Crippen LogP contribution in [0.25, 0.3) is 0 Å². The minimum atomic E-state index is -0.0446. The molecule has 20 heavy (non-hydrogen) atoms. The van der Waals surface area contributed by atoms with E-state index in [1.165, 1.54) is 12.8 Å². The van der Waals surface area contributed by atoms with Gasteiger partial charge in [0.1, 0.15) is 0 Å². The lowest BCUT2D eigenvalue weighted by Gasteiger charge is -2.39. The largest absolute Gasteiger partial charge is 0.387 e. The highest BCUT2D eigenvalue weighted by Crippen LogP contribution is 2.35. The van der Waals surface area contributed by atoms with Gasteiger partial charge in [-0.25, -0.2) is 0 Å². The predicted octanol–water partition coefficient (Wildman–Crippen LogP) is 4.08. The molecule has 1 aromatic carbocycles. The number of anilines is 1. The Kier molecular flexibility index (Phi) is 4.59. The van der Waals surface area contributed by atoms with Gasteiger partial charge in [-0.1, -0.05) is 38.3 Å². The monoisotopic (exact) mass is 294 g/mol. The first-order valence-corrected chi connectivity index (χ1v) is 7.60. The Morgan fingerprint density at radius 1 is 1.35 bits per heavy atom. The number of rotatable bonds is 3. The molecule has 1 unspecified atom stereocenters. The molecule has 4 heteroatoms. The number of carbonyl (C=O) groups excluding carboxylic acids is 1. The van der Waals surface area contributed by atoms with Gasteiger partial charge in [0.15, 0.2) is 0 Å². The highest BCUT2D eigenvalue weighted by Gasteiger charge is 2.33. The summed E-state index contributed by atoms with van der Waals surface area (Å²) < 4.78 is 0. The van der Waals surface area contributed by atoms with Gasteiger partial charge >= 0.3 is 0 Å². The Bertz CT molecular complexity index is 499. The smallest absolute Gasteiger partial charge is 0.253 e. The average Bonchev–Trinajstić information content (AvgIpc) is 2.41. The van der Waals surface area contributed by atoms with Crippen molar-refractivity contribution in [1.29, 1.82) is 0 Å². The van der Waals surface area contributed by atoms with Crippen molar-refractivity contribution in [3.05, 3.63) is 28.8 Å². The second-order valence-corrected chi connectivity index (χ2v) is 6.64. The van der Waals surface area contributed by atoms with Crippen molar-refractivity contribution in [1.82, 2.24) is 5.32 Å². The molecule has 110 valence electrons. The summed E-state index contributed by atoms with van der Waals surface area (Å²) in [5, 5.41) is 6.81. The highest BCUT2D eigenvalue weighted by atomic mass is 35.5. The van der Waals surface area contributed by atoms with Crippen molar-refractivity contribution in [2.75, 3.05) is 12.4 Å².